The van der Waals surface area contributed by atoms with Gasteiger partial charge in [0.2, 0.25) is 0 Å². The van der Waals surface area contributed by atoms with Gasteiger partial charge in [-0.2, -0.15) is 0 Å². The highest BCUT2D eigenvalue weighted by Crippen LogP contribution is 1.97. The van der Waals surface area contributed by atoms with Gasteiger partial charge in [-0.05, 0) is 26.3 Å². The van der Waals surface area contributed by atoms with E-state index in [0.29, 0.717) is 13.0 Å². The highest BCUT2D eigenvalue weighted by molar-refractivity contribution is 5.80. The fourth-order valence-corrected chi connectivity index (χ4v) is 0.986. The molecule has 0 aromatic rings. The highest BCUT2D eigenvalue weighted by Gasteiger charge is 2.14. The molecule has 16 nitrogen and oxygen atoms in total. The predicted molar refractivity (Wildman–Crippen MR) is 110 cm³/mol. The van der Waals surface area contributed by atoms with Crippen LogP contribution in [0.4, 0.5) is 0 Å². The summed E-state index contributed by atoms with van der Waals surface area (Å²) in [5, 5.41) is 48.1. The molecule has 0 fully saturated rings. The third-order valence-corrected chi connectivity index (χ3v) is 2.90. The van der Waals surface area contributed by atoms with Crippen LogP contribution in [0.15, 0.2) is 0 Å². The van der Waals surface area contributed by atoms with E-state index < -0.39 is 67.0 Å². The molecule has 0 saturated heterocycles. The molecule has 0 aromatic heterocycles. The summed E-state index contributed by atoms with van der Waals surface area (Å²) >= 11 is 0. The Bertz CT molecular complexity index is 560. The first-order valence-electron chi connectivity index (χ1n) is 9.01. The largest absolute Gasteiger partial charge is 0.481 e. The smallest absolute Gasteiger partial charge is 0.322 e. The normalized spacial score (nSPS) is 13.1. The molecule has 16 heteroatoms. The predicted octanol–water partition coefficient (Wildman–Crippen LogP) is -3.79. The first-order valence-corrected chi connectivity index (χ1v) is 9.01. The Morgan fingerprint density at radius 2 is 1.06 bits per heavy atom. The molecular weight excluding hydrogens is 438 g/mol. The number of aliphatic carboxylic acids is 5. The standard InChI is InChI=1S/C6H14N2O2.C4H7NO4.C3H7NO3.C3H7NO2/c7-4-2-1-3-5(8)6(9)10;5-2(4(8)9)1-3(6)7;4-2(1-5)3(6)7;1-2(4)3(5)6/h5H,1-4,7-8H2,(H,9,10);2H,1,5H2,(H,6,7)(H,8,9);2,5H,1,4H2,(H,6,7);2H,4H2,1H3,(H,5,6). The minimum Gasteiger partial charge on any atom is -0.481 e. The second kappa shape index (κ2) is 22.8. The molecule has 0 heterocycles. The molecule has 0 aliphatic rings. The van der Waals surface area contributed by atoms with Crippen LogP contribution < -0.4 is 28.7 Å². The SMILES string of the molecule is CC(N)C(=O)O.NC(CC(=O)O)C(=O)O.NC(CO)C(=O)O.NCCCCC(N)C(=O)O. The Hall–Kier alpha value is -2.89. The topological polar surface area (TPSA) is 337 Å². The van der Waals surface area contributed by atoms with Crippen LogP contribution >= 0.6 is 0 Å². The Kier molecular flexibility index (Phi) is 26.0. The van der Waals surface area contributed by atoms with Crippen LogP contribution in [0.25, 0.3) is 0 Å². The molecule has 4 atom stereocenters. The van der Waals surface area contributed by atoms with Crippen LogP contribution in [0.1, 0.15) is 32.6 Å². The Morgan fingerprint density at radius 1 is 0.688 bits per heavy atom. The second-order valence-electron chi connectivity index (χ2n) is 6.03. The van der Waals surface area contributed by atoms with Crippen LogP contribution in [0.2, 0.25) is 0 Å². The number of hydrogen-bond donors (Lipinski definition) is 11. The number of aliphatic hydroxyl groups excluding tert-OH is 1. The van der Waals surface area contributed by atoms with Gasteiger partial charge in [-0.1, -0.05) is 6.42 Å². The third-order valence-electron chi connectivity index (χ3n) is 2.90. The van der Waals surface area contributed by atoms with E-state index in [9.17, 15) is 24.0 Å². The van der Waals surface area contributed by atoms with Gasteiger partial charge in [0.15, 0.2) is 0 Å². The zero-order valence-corrected chi connectivity index (χ0v) is 17.7. The van der Waals surface area contributed by atoms with Gasteiger partial charge in [-0.25, -0.2) is 0 Å². The monoisotopic (exact) mass is 473 g/mol. The molecule has 0 amide bonds. The van der Waals surface area contributed by atoms with E-state index in [2.05, 4.69) is 0 Å². The van der Waals surface area contributed by atoms with E-state index >= 15 is 0 Å². The molecule has 0 spiro atoms. The van der Waals surface area contributed by atoms with Crippen LogP contribution in [0.3, 0.4) is 0 Å². The maximum Gasteiger partial charge on any atom is 0.322 e. The number of aliphatic hydroxyl groups is 1. The van der Waals surface area contributed by atoms with Crippen molar-refractivity contribution in [1.29, 1.82) is 0 Å². The third kappa shape index (κ3) is 31.8. The van der Waals surface area contributed by atoms with Crippen LogP contribution in [0, 0.1) is 0 Å². The molecule has 0 bridgehead atoms. The molecule has 4 unspecified atom stereocenters. The molecule has 190 valence electrons. The summed E-state index contributed by atoms with van der Waals surface area (Å²) < 4.78 is 0. The number of hydrogen-bond acceptors (Lipinski definition) is 11. The van der Waals surface area contributed by atoms with Crippen molar-refractivity contribution in [3.8, 4) is 0 Å². The summed E-state index contributed by atoms with van der Waals surface area (Å²) in [5.41, 5.74) is 24.9. The fraction of sp³-hybridized carbons (Fsp3) is 0.688. The van der Waals surface area contributed by atoms with Gasteiger partial charge < -0.3 is 59.3 Å². The lowest BCUT2D eigenvalue weighted by Crippen LogP contribution is -2.33. The highest BCUT2D eigenvalue weighted by atomic mass is 16.4. The first kappa shape index (κ1) is 36.5. The van der Waals surface area contributed by atoms with Gasteiger partial charge in [0.05, 0.1) is 13.0 Å². The average molecular weight is 473 g/mol. The maximum absolute atomic E-state index is 10.1. The molecule has 0 saturated carbocycles. The lowest BCUT2D eigenvalue weighted by molar-refractivity contribution is -0.144. The van der Waals surface area contributed by atoms with Crippen LogP contribution in [-0.4, -0.2) is 97.8 Å². The van der Waals surface area contributed by atoms with Crippen LogP contribution in [-0.2, 0) is 24.0 Å². The van der Waals surface area contributed by atoms with Crippen molar-refractivity contribution >= 4 is 29.8 Å². The molecule has 0 aromatic carbocycles. The number of rotatable bonds is 11. The number of carboxylic acids is 5. The first-order chi connectivity index (χ1) is 14.5. The number of carbonyl (C=O) groups is 5. The van der Waals surface area contributed by atoms with E-state index in [1.807, 2.05) is 0 Å². The lowest BCUT2D eigenvalue weighted by Gasteiger charge is -2.03. The van der Waals surface area contributed by atoms with E-state index in [4.69, 9.17) is 59.3 Å². The van der Waals surface area contributed by atoms with Crippen molar-refractivity contribution in [1.82, 2.24) is 0 Å². The maximum atomic E-state index is 10.1. The van der Waals surface area contributed by atoms with Crippen molar-refractivity contribution in [3.05, 3.63) is 0 Å². The molecular formula is C16H35N5O11. The summed E-state index contributed by atoms with van der Waals surface area (Å²) in [6.07, 6.45) is 1.63. The van der Waals surface area contributed by atoms with E-state index in [1.54, 1.807) is 0 Å². The Balaban J connectivity index is -0.000000166. The Morgan fingerprint density at radius 3 is 1.22 bits per heavy atom. The van der Waals surface area contributed by atoms with Crippen LogP contribution in [0.5, 0.6) is 0 Å². The van der Waals surface area contributed by atoms with E-state index in [-0.39, 0.29) is 0 Å². The van der Waals surface area contributed by atoms with E-state index in [0.717, 1.165) is 12.8 Å². The quantitative estimate of drug-likeness (QED) is 0.128. The summed E-state index contributed by atoms with van der Waals surface area (Å²) in [5.74, 6) is -5.57. The molecule has 16 N–H and O–H groups in total. The van der Waals surface area contributed by atoms with Crippen molar-refractivity contribution < 1.29 is 54.6 Å². The second-order valence-corrected chi connectivity index (χ2v) is 6.03. The van der Waals surface area contributed by atoms with Crippen molar-refractivity contribution in [2.45, 2.75) is 56.8 Å². The van der Waals surface area contributed by atoms with Crippen molar-refractivity contribution in [2.24, 2.45) is 28.7 Å². The Labute approximate surface area is 184 Å². The van der Waals surface area contributed by atoms with Gasteiger partial charge in [-0.15, -0.1) is 0 Å². The molecule has 0 rings (SSSR count). The van der Waals surface area contributed by atoms with Crippen molar-refractivity contribution in [2.75, 3.05) is 13.2 Å². The summed E-state index contributed by atoms with van der Waals surface area (Å²) in [4.78, 5) is 49.0. The van der Waals surface area contributed by atoms with Gasteiger partial charge in [0, 0.05) is 0 Å². The van der Waals surface area contributed by atoms with E-state index in [1.165, 1.54) is 6.92 Å². The number of carboxylic acid groups (broad SMARTS) is 5. The molecule has 0 radical (unpaired) electrons. The zero-order chi connectivity index (χ0) is 26.4. The molecule has 0 aliphatic carbocycles. The summed E-state index contributed by atoms with van der Waals surface area (Å²) in [6, 6.07) is -3.86. The molecule has 32 heavy (non-hydrogen) atoms. The lowest BCUT2D eigenvalue weighted by atomic mass is 10.1. The van der Waals surface area contributed by atoms with Gasteiger partial charge in [-0.3, -0.25) is 24.0 Å². The number of unbranched alkanes of at least 4 members (excludes halogenated alkanes) is 1. The van der Waals surface area contributed by atoms with Gasteiger partial charge in [0.25, 0.3) is 0 Å². The fourth-order valence-electron chi connectivity index (χ4n) is 0.986. The average Bonchev–Trinajstić information content (AvgIpc) is 2.68. The number of nitrogens with two attached hydrogens (primary N) is 5. The van der Waals surface area contributed by atoms with Gasteiger partial charge >= 0.3 is 29.8 Å². The molecule has 0 aliphatic heterocycles. The minimum atomic E-state index is -1.29. The van der Waals surface area contributed by atoms with Crippen molar-refractivity contribution in [3.63, 3.8) is 0 Å². The van der Waals surface area contributed by atoms with Gasteiger partial charge in [0.1, 0.15) is 24.2 Å². The summed E-state index contributed by atoms with van der Waals surface area (Å²) in [7, 11) is 0. The minimum absolute atomic E-state index is 0.505. The summed E-state index contributed by atoms with van der Waals surface area (Å²) in [6.45, 7) is 1.52. The zero-order valence-electron chi connectivity index (χ0n) is 17.7.